The summed E-state index contributed by atoms with van der Waals surface area (Å²) < 4.78 is 45.5. The molecule has 0 aliphatic heterocycles. The fraction of sp³-hybridized carbons (Fsp3) is 0.0769. The Labute approximate surface area is 121 Å². The fourth-order valence-electron chi connectivity index (χ4n) is 1.42. The van der Waals surface area contributed by atoms with Crippen molar-refractivity contribution in [3.05, 3.63) is 62.8 Å². The van der Waals surface area contributed by atoms with E-state index >= 15 is 0 Å². The third-order valence-electron chi connectivity index (χ3n) is 2.41. The monoisotopic (exact) mass is 350 g/mol. The lowest BCUT2D eigenvalue weighted by molar-refractivity contribution is 0.291. The Hall–Kier alpha value is -1.20. The Morgan fingerprint density at radius 3 is 2.47 bits per heavy atom. The van der Waals surface area contributed by atoms with Gasteiger partial charge in [0.2, 0.25) is 0 Å². The zero-order valence-electron chi connectivity index (χ0n) is 9.39. The van der Waals surface area contributed by atoms with Crippen LogP contribution >= 0.6 is 27.5 Å². The van der Waals surface area contributed by atoms with Gasteiger partial charge in [0, 0.05) is 6.07 Å². The summed E-state index contributed by atoms with van der Waals surface area (Å²) in [5, 5.41) is -0.0489. The molecule has 0 spiro atoms. The smallest absolute Gasteiger partial charge is 0.146 e. The van der Waals surface area contributed by atoms with Gasteiger partial charge in [-0.1, -0.05) is 11.6 Å². The van der Waals surface area contributed by atoms with Crippen LogP contribution in [0, 0.1) is 17.5 Å². The highest BCUT2D eigenvalue weighted by molar-refractivity contribution is 9.10. The maximum absolute atomic E-state index is 13.6. The first-order valence-corrected chi connectivity index (χ1v) is 6.36. The molecular weight excluding hydrogens is 344 g/mol. The zero-order valence-corrected chi connectivity index (χ0v) is 11.7. The van der Waals surface area contributed by atoms with Crippen molar-refractivity contribution in [3.8, 4) is 5.75 Å². The van der Waals surface area contributed by atoms with E-state index in [1.54, 1.807) is 0 Å². The molecule has 0 saturated carbocycles. The molecule has 0 heterocycles. The highest BCUT2D eigenvalue weighted by atomic mass is 79.9. The Kier molecular flexibility index (Phi) is 4.37. The fourth-order valence-corrected chi connectivity index (χ4v) is 1.91. The van der Waals surface area contributed by atoms with E-state index in [9.17, 15) is 13.2 Å². The molecule has 0 aliphatic rings. The molecule has 1 nitrogen and oxygen atoms in total. The number of rotatable bonds is 3. The van der Waals surface area contributed by atoms with E-state index in [1.807, 2.05) is 0 Å². The van der Waals surface area contributed by atoms with Gasteiger partial charge in [0.05, 0.1) is 15.1 Å². The zero-order chi connectivity index (χ0) is 14.0. The molecule has 0 unspecified atom stereocenters. The largest absolute Gasteiger partial charge is 0.489 e. The summed E-state index contributed by atoms with van der Waals surface area (Å²) in [6.45, 7) is -0.349. The van der Waals surface area contributed by atoms with Gasteiger partial charge in [0.15, 0.2) is 0 Å². The number of halogens is 5. The number of ether oxygens (including phenoxy) is 1. The van der Waals surface area contributed by atoms with Crippen LogP contribution in [-0.4, -0.2) is 0 Å². The summed E-state index contributed by atoms with van der Waals surface area (Å²) in [4.78, 5) is 0. The lowest BCUT2D eigenvalue weighted by atomic mass is 10.2. The minimum atomic E-state index is -0.741. The molecule has 0 saturated heterocycles. The van der Waals surface area contributed by atoms with Crippen LogP contribution in [0.4, 0.5) is 13.2 Å². The average Bonchev–Trinajstić information content (AvgIpc) is 2.38. The van der Waals surface area contributed by atoms with E-state index in [1.165, 1.54) is 18.2 Å². The van der Waals surface area contributed by atoms with Crippen LogP contribution in [0.3, 0.4) is 0 Å². The summed E-state index contributed by atoms with van der Waals surface area (Å²) >= 11 is 8.47. The molecule has 6 heteroatoms. The normalized spacial score (nSPS) is 10.6. The first-order chi connectivity index (χ1) is 8.99. The molecule has 0 fully saturated rings. The number of benzene rings is 2. The molecule has 0 bridgehead atoms. The van der Waals surface area contributed by atoms with Gasteiger partial charge in [0.1, 0.15) is 29.8 Å². The van der Waals surface area contributed by atoms with Crippen molar-refractivity contribution < 1.29 is 17.9 Å². The molecule has 0 atom stereocenters. The Bertz CT molecular complexity index is 619. The van der Waals surface area contributed by atoms with E-state index in [2.05, 4.69) is 15.9 Å². The maximum atomic E-state index is 13.6. The molecule has 2 rings (SSSR count). The van der Waals surface area contributed by atoms with E-state index in [-0.39, 0.29) is 27.4 Å². The summed E-state index contributed by atoms with van der Waals surface area (Å²) in [6.07, 6.45) is 0. The molecule has 2 aromatic carbocycles. The third-order valence-corrected chi connectivity index (χ3v) is 3.33. The molecule has 100 valence electrons. The second kappa shape index (κ2) is 5.84. The molecule has 2 aromatic rings. The van der Waals surface area contributed by atoms with Crippen molar-refractivity contribution in [2.24, 2.45) is 0 Å². The highest BCUT2D eigenvalue weighted by Crippen LogP contribution is 2.25. The Morgan fingerprint density at radius 1 is 1.05 bits per heavy atom. The first kappa shape index (κ1) is 14.2. The molecule has 0 aliphatic carbocycles. The molecule has 0 radical (unpaired) electrons. The minimum absolute atomic E-state index is 0.0489. The first-order valence-electron chi connectivity index (χ1n) is 5.19. The third kappa shape index (κ3) is 3.22. The Balaban J connectivity index is 2.19. The predicted octanol–water partition coefficient (Wildman–Crippen LogP) is 5.10. The van der Waals surface area contributed by atoms with Crippen LogP contribution < -0.4 is 4.74 Å². The van der Waals surface area contributed by atoms with Crippen LogP contribution in [-0.2, 0) is 6.61 Å². The summed E-state index contributed by atoms with van der Waals surface area (Å²) in [5.41, 5.74) is -0.232. The minimum Gasteiger partial charge on any atom is -0.489 e. The van der Waals surface area contributed by atoms with E-state index < -0.39 is 17.5 Å². The summed E-state index contributed by atoms with van der Waals surface area (Å²) in [6, 6.07) is 6.15. The maximum Gasteiger partial charge on any atom is 0.146 e. The van der Waals surface area contributed by atoms with Crippen LogP contribution in [0.15, 0.2) is 34.8 Å². The SMILES string of the molecule is Fc1cc(OCc2c(F)ccc(Br)c2F)ccc1Cl. The number of hydrogen-bond donors (Lipinski definition) is 0. The van der Waals surface area contributed by atoms with Gasteiger partial charge in [0.25, 0.3) is 0 Å². The topological polar surface area (TPSA) is 9.23 Å². The van der Waals surface area contributed by atoms with Gasteiger partial charge in [-0.25, -0.2) is 13.2 Å². The van der Waals surface area contributed by atoms with Gasteiger partial charge in [-0.3, -0.25) is 0 Å². The molecular formula is C13H7BrClF3O. The molecule has 0 N–H and O–H groups in total. The van der Waals surface area contributed by atoms with Crippen molar-refractivity contribution in [2.45, 2.75) is 6.61 Å². The van der Waals surface area contributed by atoms with Gasteiger partial charge < -0.3 is 4.74 Å². The van der Waals surface area contributed by atoms with Gasteiger partial charge in [-0.15, -0.1) is 0 Å². The molecule has 19 heavy (non-hydrogen) atoms. The standard InChI is InChI=1S/C13H7BrClF3O/c14-9-2-4-11(16)8(13(9)18)6-19-7-1-3-10(15)12(17)5-7/h1-5H,6H2. The van der Waals surface area contributed by atoms with Crippen LogP contribution in [0.1, 0.15) is 5.56 Å². The van der Waals surface area contributed by atoms with Gasteiger partial charge in [-0.2, -0.15) is 0 Å². The van der Waals surface area contributed by atoms with Gasteiger partial charge >= 0.3 is 0 Å². The van der Waals surface area contributed by atoms with Crippen LogP contribution in [0.5, 0.6) is 5.75 Å². The van der Waals surface area contributed by atoms with Crippen LogP contribution in [0.25, 0.3) is 0 Å². The predicted molar refractivity (Wildman–Crippen MR) is 69.8 cm³/mol. The lowest BCUT2D eigenvalue weighted by Crippen LogP contribution is -2.02. The van der Waals surface area contributed by atoms with Gasteiger partial charge in [-0.05, 0) is 40.2 Å². The van der Waals surface area contributed by atoms with E-state index in [0.717, 1.165) is 12.1 Å². The van der Waals surface area contributed by atoms with Crippen LogP contribution in [0.2, 0.25) is 5.02 Å². The van der Waals surface area contributed by atoms with Crippen molar-refractivity contribution in [1.29, 1.82) is 0 Å². The number of hydrogen-bond acceptors (Lipinski definition) is 1. The lowest BCUT2D eigenvalue weighted by Gasteiger charge is -2.09. The quantitative estimate of drug-likeness (QED) is 0.699. The van der Waals surface area contributed by atoms with Crippen molar-refractivity contribution in [2.75, 3.05) is 0 Å². The highest BCUT2D eigenvalue weighted by Gasteiger charge is 2.13. The average molecular weight is 352 g/mol. The second-order valence-electron chi connectivity index (χ2n) is 3.69. The van der Waals surface area contributed by atoms with Crippen molar-refractivity contribution in [1.82, 2.24) is 0 Å². The second-order valence-corrected chi connectivity index (χ2v) is 4.95. The van der Waals surface area contributed by atoms with Crippen molar-refractivity contribution >= 4 is 27.5 Å². The van der Waals surface area contributed by atoms with E-state index in [0.29, 0.717) is 0 Å². The van der Waals surface area contributed by atoms with E-state index in [4.69, 9.17) is 16.3 Å². The Morgan fingerprint density at radius 2 is 1.79 bits per heavy atom. The molecule has 0 aromatic heterocycles. The summed E-state index contributed by atoms with van der Waals surface area (Å²) in [5.74, 6) is -1.99. The summed E-state index contributed by atoms with van der Waals surface area (Å²) in [7, 11) is 0. The molecule has 0 amide bonds. The van der Waals surface area contributed by atoms with Crippen molar-refractivity contribution in [3.63, 3.8) is 0 Å².